The van der Waals surface area contributed by atoms with Crippen molar-refractivity contribution < 1.29 is 5.11 Å². The molecule has 24 heavy (non-hydrogen) atoms. The van der Waals surface area contributed by atoms with Gasteiger partial charge >= 0.3 is 0 Å². The summed E-state index contributed by atoms with van der Waals surface area (Å²) in [6.45, 7) is 6.34. The highest BCUT2D eigenvalue weighted by atomic mass is 35.5. The van der Waals surface area contributed by atoms with Crippen LogP contribution in [-0.2, 0) is 6.42 Å². The van der Waals surface area contributed by atoms with Gasteiger partial charge in [0, 0.05) is 21.8 Å². The number of halogens is 1. The van der Waals surface area contributed by atoms with Crippen LogP contribution in [0.25, 0.3) is 16.8 Å². The third-order valence-electron chi connectivity index (χ3n) is 4.85. The number of aromatic nitrogens is 3. The van der Waals surface area contributed by atoms with Gasteiger partial charge in [-0.1, -0.05) is 37.6 Å². The van der Waals surface area contributed by atoms with Gasteiger partial charge in [0.05, 0.1) is 18.0 Å². The van der Waals surface area contributed by atoms with Gasteiger partial charge in [0.25, 0.3) is 0 Å². The Hall–Kier alpha value is -1.91. The molecule has 3 aromatic rings. The van der Waals surface area contributed by atoms with Gasteiger partial charge in [-0.3, -0.25) is 0 Å². The summed E-state index contributed by atoms with van der Waals surface area (Å²) in [5.74, 6) is 0. The summed E-state index contributed by atoms with van der Waals surface area (Å²) in [4.78, 5) is 4.75. The lowest BCUT2D eigenvalue weighted by Crippen LogP contribution is -2.29. The first-order chi connectivity index (χ1) is 11.4. The minimum Gasteiger partial charge on any atom is -0.388 e. The quantitative estimate of drug-likeness (QED) is 0.715. The first kappa shape index (κ1) is 15.6. The Bertz CT molecular complexity index is 928. The third-order valence-corrected chi connectivity index (χ3v) is 5.11. The van der Waals surface area contributed by atoms with E-state index in [1.165, 1.54) is 0 Å². The van der Waals surface area contributed by atoms with Crippen molar-refractivity contribution in [1.82, 2.24) is 14.6 Å². The predicted molar refractivity (Wildman–Crippen MR) is 95.2 cm³/mol. The molecule has 0 unspecified atom stereocenters. The summed E-state index contributed by atoms with van der Waals surface area (Å²) in [6.07, 6.45) is 2.99. The first-order valence-corrected chi connectivity index (χ1v) is 8.55. The highest BCUT2D eigenvalue weighted by molar-refractivity contribution is 6.30. The van der Waals surface area contributed by atoms with Crippen molar-refractivity contribution in [3.05, 3.63) is 52.4 Å². The second kappa shape index (κ2) is 5.30. The highest BCUT2D eigenvalue weighted by Gasteiger charge is 2.35. The zero-order valence-corrected chi connectivity index (χ0v) is 14.8. The van der Waals surface area contributed by atoms with Crippen LogP contribution in [0, 0.1) is 12.3 Å². The zero-order chi connectivity index (χ0) is 17.1. The molecule has 1 aromatic carbocycles. The molecular weight excluding hydrogens is 322 g/mol. The van der Waals surface area contributed by atoms with Gasteiger partial charge in [-0.2, -0.15) is 5.10 Å². The van der Waals surface area contributed by atoms with Crippen LogP contribution in [0.3, 0.4) is 0 Å². The average Bonchev–Trinajstić information content (AvgIpc) is 2.90. The maximum absolute atomic E-state index is 10.6. The van der Waals surface area contributed by atoms with Crippen molar-refractivity contribution >= 4 is 17.2 Å². The number of benzene rings is 1. The summed E-state index contributed by atoms with van der Waals surface area (Å²) in [5.41, 5.74) is 5.79. The number of nitrogens with zero attached hydrogens (tertiary/aromatic N) is 3. The van der Waals surface area contributed by atoms with E-state index in [1.807, 2.05) is 41.9 Å². The first-order valence-electron chi connectivity index (χ1n) is 8.17. The smallest absolute Gasteiger partial charge is 0.163 e. The molecule has 0 aliphatic heterocycles. The standard InChI is InChI=1S/C19H20ClN3O/c1-11-17-15(8-19(2,3)9-16(17)24)23-18(22-11)14(10-21-23)12-4-6-13(20)7-5-12/h4-7,10,16,24H,8-9H2,1-3H3/t16-/m1/s1. The number of aryl methyl sites for hydroxylation is 1. The molecule has 0 radical (unpaired) electrons. The summed E-state index contributed by atoms with van der Waals surface area (Å²) in [7, 11) is 0. The van der Waals surface area contributed by atoms with Crippen LogP contribution in [0.15, 0.2) is 30.5 Å². The monoisotopic (exact) mass is 341 g/mol. The van der Waals surface area contributed by atoms with Gasteiger partial charge in [-0.15, -0.1) is 0 Å². The largest absolute Gasteiger partial charge is 0.388 e. The summed E-state index contributed by atoms with van der Waals surface area (Å²) in [6, 6.07) is 7.71. The van der Waals surface area contributed by atoms with E-state index in [2.05, 4.69) is 18.9 Å². The Morgan fingerprint density at radius 1 is 1.25 bits per heavy atom. The van der Waals surface area contributed by atoms with Crippen LogP contribution in [-0.4, -0.2) is 19.7 Å². The number of aliphatic hydroxyl groups is 1. The predicted octanol–water partition coefficient (Wildman–Crippen LogP) is 4.36. The zero-order valence-electron chi connectivity index (χ0n) is 14.0. The molecule has 0 amide bonds. The van der Waals surface area contributed by atoms with Gasteiger partial charge in [0.1, 0.15) is 0 Å². The molecule has 2 aromatic heterocycles. The number of hydrogen-bond donors (Lipinski definition) is 1. The number of hydrogen-bond acceptors (Lipinski definition) is 3. The van der Waals surface area contributed by atoms with Gasteiger partial charge in [0.2, 0.25) is 0 Å². The van der Waals surface area contributed by atoms with Crippen LogP contribution >= 0.6 is 11.6 Å². The van der Waals surface area contributed by atoms with E-state index < -0.39 is 6.10 Å². The number of fused-ring (bicyclic) bond motifs is 3. The van der Waals surface area contributed by atoms with E-state index in [4.69, 9.17) is 16.6 Å². The third kappa shape index (κ3) is 2.41. The summed E-state index contributed by atoms with van der Waals surface area (Å²) in [5, 5.41) is 15.9. The Balaban J connectivity index is 1.96. The van der Waals surface area contributed by atoms with Crippen LogP contribution < -0.4 is 0 Å². The maximum atomic E-state index is 10.6. The van der Waals surface area contributed by atoms with E-state index >= 15 is 0 Å². The number of rotatable bonds is 1. The van der Waals surface area contributed by atoms with E-state index in [9.17, 15) is 5.11 Å². The molecule has 0 spiro atoms. The van der Waals surface area contributed by atoms with Crippen LogP contribution in [0.4, 0.5) is 0 Å². The summed E-state index contributed by atoms with van der Waals surface area (Å²) >= 11 is 5.99. The molecule has 1 atom stereocenters. The molecule has 1 N–H and O–H groups in total. The lowest BCUT2D eigenvalue weighted by molar-refractivity contribution is 0.0962. The fraction of sp³-hybridized carbons (Fsp3) is 0.368. The molecule has 1 aliphatic rings. The van der Waals surface area contributed by atoms with Crippen LogP contribution in [0.1, 0.15) is 43.3 Å². The second-order valence-electron chi connectivity index (χ2n) is 7.42. The second-order valence-corrected chi connectivity index (χ2v) is 7.86. The van der Waals surface area contributed by atoms with Crippen molar-refractivity contribution in [3.8, 4) is 11.1 Å². The van der Waals surface area contributed by atoms with Gasteiger partial charge in [-0.25, -0.2) is 9.50 Å². The van der Waals surface area contributed by atoms with Crippen molar-refractivity contribution in [1.29, 1.82) is 0 Å². The molecule has 1 aliphatic carbocycles. The highest BCUT2D eigenvalue weighted by Crippen LogP contribution is 2.42. The van der Waals surface area contributed by atoms with E-state index in [1.54, 1.807) is 0 Å². The molecule has 0 saturated heterocycles. The fourth-order valence-electron chi connectivity index (χ4n) is 3.78. The van der Waals surface area contributed by atoms with Gasteiger partial charge < -0.3 is 5.11 Å². The topological polar surface area (TPSA) is 50.4 Å². The molecular formula is C19H20ClN3O. The molecule has 5 heteroatoms. The van der Waals surface area contributed by atoms with Crippen LogP contribution in [0.2, 0.25) is 5.02 Å². The minimum atomic E-state index is -0.483. The molecule has 0 fully saturated rings. The Labute approximate surface area is 146 Å². The Morgan fingerprint density at radius 2 is 1.96 bits per heavy atom. The number of aliphatic hydroxyl groups excluding tert-OH is 1. The lowest BCUT2D eigenvalue weighted by atomic mass is 9.74. The minimum absolute atomic E-state index is 0.0412. The van der Waals surface area contributed by atoms with E-state index in [0.29, 0.717) is 5.02 Å². The molecule has 4 nitrogen and oxygen atoms in total. The average molecular weight is 342 g/mol. The van der Waals surface area contributed by atoms with Crippen molar-refractivity contribution in [3.63, 3.8) is 0 Å². The van der Waals surface area contributed by atoms with Crippen molar-refractivity contribution in [2.45, 2.75) is 39.7 Å². The lowest BCUT2D eigenvalue weighted by Gasteiger charge is -2.35. The van der Waals surface area contributed by atoms with Gasteiger partial charge in [0.15, 0.2) is 5.65 Å². The molecule has 4 rings (SSSR count). The Morgan fingerprint density at radius 3 is 2.67 bits per heavy atom. The molecule has 0 saturated carbocycles. The fourth-order valence-corrected chi connectivity index (χ4v) is 3.90. The molecule has 2 heterocycles. The van der Waals surface area contributed by atoms with Crippen LogP contribution in [0.5, 0.6) is 0 Å². The molecule has 0 bridgehead atoms. The molecule has 124 valence electrons. The van der Waals surface area contributed by atoms with Gasteiger partial charge in [-0.05, 0) is 42.9 Å². The van der Waals surface area contributed by atoms with Crippen molar-refractivity contribution in [2.24, 2.45) is 5.41 Å². The maximum Gasteiger partial charge on any atom is 0.163 e. The van der Waals surface area contributed by atoms with Crippen molar-refractivity contribution in [2.75, 3.05) is 0 Å². The van der Waals surface area contributed by atoms with E-state index in [0.717, 1.165) is 46.6 Å². The SMILES string of the molecule is Cc1nc2c(-c3ccc(Cl)cc3)cnn2c2c1[C@H](O)CC(C)(C)C2. The van der Waals surface area contributed by atoms with E-state index in [-0.39, 0.29) is 5.41 Å². The summed E-state index contributed by atoms with van der Waals surface area (Å²) < 4.78 is 1.90. The Kier molecular flexibility index (Phi) is 3.44. The normalized spacial score (nSPS) is 19.5.